The number of carbonyl (C=O) groups excluding carboxylic acids is 2. The first-order chi connectivity index (χ1) is 9.04. The van der Waals surface area contributed by atoms with Crippen LogP contribution in [-0.2, 0) is 9.59 Å². The Hall–Kier alpha value is -1.15. The molecule has 0 aliphatic carbocycles. The van der Waals surface area contributed by atoms with Crippen molar-refractivity contribution in [1.82, 2.24) is 10.2 Å². The Bertz CT molecular complexity index is 363. The molecule has 19 heavy (non-hydrogen) atoms. The maximum Gasteiger partial charge on any atom is 0.245 e. The number of carbonyl (C=O) groups is 2. The summed E-state index contributed by atoms with van der Waals surface area (Å²) in [4.78, 5) is 25.8. The third-order valence-corrected chi connectivity index (χ3v) is 3.79. The van der Waals surface area contributed by atoms with Gasteiger partial charge in [0.15, 0.2) is 0 Å². The van der Waals surface area contributed by atoms with Crippen LogP contribution in [0.15, 0.2) is 0 Å². The lowest BCUT2D eigenvalue weighted by Gasteiger charge is -2.24. The molecule has 1 aliphatic rings. The predicted octanol–water partition coefficient (Wildman–Crippen LogP) is 1.12. The molecule has 0 saturated carbocycles. The Morgan fingerprint density at radius 2 is 2.26 bits per heavy atom. The number of hydrogen-bond acceptors (Lipinski definition) is 3. The number of nitrogens with zero attached hydrogens (tertiary/aromatic N) is 1. The van der Waals surface area contributed by atoms with Crippen molar-refractivity contribution in [2.24, 2.45) is 5.92 Å². The molecule has 5 heteroatoms. The summed E-state index contributed by atoms with van der Waals surface area (Å²) in [6.45, 7) is 5.28. The van der Waals surface area contributed by atoms with Crippen molar-refractivity contribution in [2.75, 3.05) is 24.6 Å². The van der Waals surface area contributed by atoms with Crippen LogP contribution < -0.4 is 5.32 Å². The van der Waals surface area contributed by atoms with E-state index in [1.54, 1.807) is 16.7 Å². The van der Waals surface area contributed by atoms with Gasteiger partial charge in [-0.05, 0) is 12.3 Å². The summed E-state index contributed by atoms with van der Waals surface area (Å²) in [5, 5.41) is 2.82. The molecule has 1 unspecified atom stereocenters. The number of thioether (sulfide) groups is 1. The van der Waals surface area contributed by atoms with Crippen LogP contribution in [0.1, 0.15) is 26.7 Å². The van der Waals surface area contributed by atoms with E-state index < -0.39 is 0 Å². The highest BCUT2D eigenvalue weighted by Gasteiger charge is 2.29. The predicted molar refractivity (Wildman–Crippen MR) is 78.7 cm³/mol. The minimum atomic E-state index is -0.368. The smallest absolute Gasteiger partial charge is 0.245 e. The first-order valence-electron chi connectivity index (χ1n) is 6.64. The van der Waals surface area contributed by atoms with Crippen LogP contribution >= 0.6 is 11.8 Å². The summed E-state index contributed by atoms with van der Waals surface area (Å²) < 4.78 is 0. The van der Waals surface area contributed by atoms with E-state index in [-0.39, 0.29) is 17.9 Å². The highest BCUT2D eigenvalue weighted by atomic mass is 32.2. The van der Waals surface area contributed by atoms with Crippen molar-refractivity contribution in [3.8, 4) is 12.3 Å². The molecule has 0 radical (unpaired) electrons. The quantitative estimate of drug-likeness (QED) is 0.586. The second-order valence-corrected chi connectivity index (χ2v) is 6.19. The van der Waals surface area contributed by atoms with Crippen LogP contribution in [0.25, 0.3) is 0 Å². The molecule has 1 fully saturated rings. The number of rotatable bonds is 6. The normalized spacial score (nSPS) is 20.1. The average molecular weight is 282 g/mol. The largest absolute Gasteiger partial charge is 0.344 e. The first kappa shape index (κ1) is 15.9. The maximum absolute atomic E-state index is 12.4. The molecule has 4 nitrogen and oxygen atoms in total. The fraction of sp³-hybridized carbons (Fsp3) is 0.714. The van der Waals surface area contributed by atoms with Gasteiger partial charge in [0, 0.05) is 25.3 Å². The molecule has 0 aromatic rings. The van der Waals surface area contributed by atoms with Gasteiger partial charge in [-0.1, -0.05) is 19.8 Å². The van der Waals surface area contributed by atoms with E-state index in [9.17, 15) is 9.59 Å². The second-order valence-electron chi connectivity index (χ2n) is 5.08. The third kappa shape index (κ3) is 5.56. The highest BCUT2D eigenvalue weighted by Crippen LogP contribution is 2.12. The highest BCUT2D eigenvalue weighted by molar-refractivity contribution is 7.99. The number of nitrogens with one attached hydrogen (secondary N) is 1. The average Bonchev–Trinajstić information content (AvgIpc) is 2.47. The molecule has 1 rings (SSSR count). The van der Waals surface area contributed by atoms with Gasteiger partial charge < -0.3 is 10.2 Å². The molecule has 0 spiro atoms. The summed E-state index contributed by atoms with van der Waals surface area (Å²) in [5.41, 5.74) is 0. The molecule has 0 aromatic carbocycles. The zero-order valence-corrected chi connectivity index (χ0v) is 12.5. The first-order valence-corrected chi connectivity index (χ1v) is 7.79. The van der Waals surface area contributed by atoms with Crippen LogP contribution in [0.4, 0.5) is 0 Å². The molecule has 106 valence electrons. The Balaban J connectivity index is 2.57. The molecule has 0 aromatic heterocycles. The number of terminal acetylenes is 1. The maximum atomic E-state index is 12.4. The molecule has 1 saturated heterocycles. The van der Waals surface area contributed by atoms with E-state index in [2.05, 4.69) is 25.1 Å². The van der Waals surface area contributed by atoms with E-state index >= 15 is 0 Å². The van der Waals surface area contributed by atoms with Gasteiger partial charge in [-0.2, -0.15) is 0 Å². The van der Waals surface area contributed by atoms with Crippen LogP contribution in [0.2, 0.25) is 0 Å². The van der Waals surface area contributed by atoms with E-state index in [0.29, 0.717) is 37.6 Å². The molecule has 1 N–H and O–H groups in total. The standard InChI is InChI=1S/C14H22N2O2S/c1-4-8-19-9-7-16-6-5-13(17)15-12(14(16)18)10-11(2)3/h1,11-12H,5-10H2,2-3H3,(H,15,17). The summed E-state index contributed by atoms with van der Waals surface area (Å²) >= 11 is 1.64. The van der Waals surface area contributed by atoms with Crippen LogP contribution in [0.3, 0.4) is 0 Å². The van der Waals surface area contributed by atoms with Gasteiger partial charge in [0.1, 0.15) is 6.04 Å². The van der Waals surface area contributed by atoms with Crippen molar-refractivity contribution >= 4 is 23.6 Å². The van der Waals surface area contributed by atoms with E-state index in [0.717, 1.165) is 5.75 Å². The molecule has 0 bridgehead atoms. The molecule has 1 aliphatic heterocycles. The Morgan fingerprint density at radius 1 is 1.53 bits per heavy atom. The number of hydrogen-bond donors (Lipinski definition) is 1. The monoisotopic (exact) mass is 282 g/mol. The fourth-order valence-electron chi connectivity index (χ4n) is 2.05. The van der Waals surface area contributed by atoms with Crippen LogP contribution in [0, 0.1) is 18.3 Å². The lowest BCUT2D eigenvalue weighted by atomic mass is 10.0. The van der Waals surface area contributed by atoms with E-state index in [1.165, 1.54) is 0 Å². The molecular weight excluding hydrogens is 260 g/mol. The third-order valence-electron chi connectivity index (χ3n) is 2.95. The van der Waals surface area contributed by atoms with Gasteiger partial charge in [0.05, 0.1) is 5.75 Å². The molecule has 2 amide bonds. The van der Waals surface area contributed by atoms with Gasteiger partial charge in [-0.15, -0.1) is 18.2 Å². The van der Waals surface area contributed by atoms with E-state index in [4.69, 9.17) is 6.42 Å². The fourth-order valence-corrected chi connectivity index (χ4v) is 2.67. The van der Waals surface area contributed by atoms with Crippen molar-refractivity contribution in [1.29, 1.82) is 0 Å². The van der Waals surface area contributed by atoms with Gasteiger partial charge in [-0.3, -0.25) is 9.59 Å². The SMILES string of the molecule is C#CCSCCN1CCC(=O)NC(CC(C)C)C1=O. The Kier molecular flexibility index (Phi) is 6.79. The minimum absolute atomic E-state index is 0.0298. The van der Waals surface area contributed by atoms with E-state index in [1.807, 2.05) is 0 Å². The zero-order chi connectivity index (χ0) is 14.3. The summed E-state index contributed by atoms with van der Waals surface area (Å²) in [5.74, 6) is 4.44. The van der Waals surface area contributed by atoms with Crippen LogP contribution in [0.5, 0.6) is 0 Å². The van der Waals surface area contributed by atoms with Crippen molar-refractivity contribution < 1.29 is 9.59 Å². The Labute approximate surface area is 119 Å². The second kappa shape index (κ2) is 8.11. The van der Waals surface area contributed by atoms with Gasteiger partial charge in [0.25, 0.3) is 0 Å². The van der Waals surface area contributed by atoms with Gasteiger partial charge in [-0.25, -0.2) is 0 Å². The lowest BCUT2D eigenvalue weighted by molar-refractivity contribution is -0.133. The van der Waals surface area contributed by atoms with Gasteiger partial charge in [0.2, 0.25) is 11.8 Å². The van der Waals surface area contributed by atoms with Crippen LogP contribution in [-0.4, -0.2) is 47.4 Å². The van der Waals surface area contributed by atoms with Crippen molar-refractivity contribution in [2.45, 2.75) is 32.7 Å². The summed E-state index contributed by atoms with van der Waals surface area (Å²) in [7, 11) is 0. The Morgan fingerprint density at radius 3 is 2.89 bits per heavy atom. The molecule has 1 atom stereocenters. The minimum Gasteiger partial charge on any atom is -0.344 e. The topological polar surface area (TPSA) is 49.4 Å². The molecule has 1 heterocycles. The summed E-state index contributed by atoms with van der Waals surface area (Å²) in [6.07, 6.45) is 6.27. The van der Waals surface area contributed by atoms with Crippen molar-refractivity contribution in [3.05, 3.63) is 0 Å². The van der Waals surface area contributed by atoms with Gasteiger partial charge >= 0.3 is 0 Å². The summed E-state index contributed by atoms with van der Waals surface area (Å²) in [6, 6.07) is -0.368. The lowest BCUT2D eigenvalue weighted by Crippen LogP contribution is -2.45. The zero-order valence-electron chi connectivity index (χ0n) is 11.6. The van der Waals surface area contributed by atoms with Crippen molar-refractivity contribution in [3.63, 3.8) is 0 Å². The molecular formula is C14H22N2O2S. The number of amides is 2.